The van der Waals surface area contributed by atoms with E-state index in [1.165, 1.54) is 0 Å². The van der Waals surface area contributed by atoms with Crippen LogP contribution in [-0.4, -0.2) is 22.0 Å². The van der Waals surface area contributed by atoms with E-state index >= 15 is 0 Å². The molecule has 2 aromatic heterocycles. The van der Waals surface area contributed by atoms with Gasteiger partial charge in [-0.2, -0.15) is 0 Å². The van der Waals surface area contributed by atoms with Crippen molar-refractivity contribution in [2.24, 2.45) is 5.73 Å². The Bertz CT molecular complexity index is 790. The van der Waals surface area contributed by atoms with Gasteiger partial charge in [0.05, 0.1) is 5.52 Å². The fourth-order valence-corrected chi connectivity index (χ4v) is 2.64. The summed E-state index contributed by atoms with van der Waals surface area (Å²) in [7, 11) is 0. The van der Waals surface area contributed by atoms with Crippen LogP contribution in [0.5, 0.6) is 0 Å². The first-order valence-corrected chi connectivity index (χ1v) is 6.96. The summed E-state index contributed by atoms with van der Waals surface area (Å²) in [5.41, 5.74) is 9.86. The van der Waals surface area contributed by atoms with Gasteiger partial charge in [0, 0.05) is 30.9 Å². The Kier molecular flexibility index (Phi) is 3.54. The third-order valence-electron chi connectivity index (χ3n) is 3.65. The van der Waals surface area contributed by atoms with Crippen molar-refractivity contribution in [3.05, 3.63) is 54.5 Å². The summed E-state index contributed by atoms with van der Waals surface area (Å²) in [6, 6.07) is 10.1. The average Bonchev–Trinajstić information content (AvgIpc) is 2.87. The van der Waals surface area contributed by atoms with Crippen molar-refractivity contribution in [2.45, 2.75) is 13.3 Å². The molecule has 0 spiro atoms. The predicted molar refractivity (Wildman–Crippen MR) is 84.2 cm³/mol. The van der Waals surface area contributed by atoms with Crippen molar-refractivity contribution in [1.82, 2.24) is 9.55 Å². The van der Waals surface area contributed by atoms with Gasteiger partial charge >= 0.3 is 0 Å². The minimum absolute atomic E-state index is 0.00940. The highest BCUT2D eigenvalue weighted by molar-refractivity contribution is 5.95. The first-order valence-electron chi connectivity index (χ1n) is 6.96. The van der Waals surface area contributed by atoms with Crippen LogP contribution in [0, 0.1) is 0 Å². The summed E-state index contributed by atoms with van der Waals surface area (Å²) in [6.07, 6.45) is 6.20. The van der Waals surface area contributed by atoms with Crippen LogP contribution in [-0.2, 0) is 6.42 Å². The highest BCUT2D eigenvalue weighted by Crippen LogP contribution is 2.27. The Morgan fingerprint density at radius 2 is 1.95 bits per heavy atom. The van der Waals surface area contributed by atoms with E-state index in [1.807, 2.05) is 24.4 Å². The van der Waals surface area contributed by atoms with E-state index in [9.17, 15) is 4.79 Å². The van der Waals surface area contributed by atoms with Crippen molar-refractivity contribution >= 4 is 16.8 Å². The summed E-state index contributed by atoms with van der Waals surface area (Å²) in [4.78, 5) is 15.9. The van der Waals surface area contributed by atoms with Crippen molar-refractivity contribution in [3.8, 4) is 11.1 Å². The molecule has 0 fully saturated rings. The zero-order chi connectivity index (χ0) is 14.8. The van der Waals surface area contributed by atoms with Gasteiger partial charge in [-0.05, 0) is 47.9 Å². The maximum absolute atomic E-state index is 11.8. The molecule has 4 heteroatoms. The molecule has 0 unspecified atom stereocenters. The van der Waals surface area contributed by atoms with Gasteiger partial charge in [-0.1, -0.05) is 12.1 Å². The van der Waals surface area contributed by atoms with Crippen LogP contribution in [0.3, 0.4) is 0 Å². The summed E-state index contributed by atoms with van der Waals surface area (Å²) in [5, 5.41) is 1.09. The van der Waals surface area contributed by atoms with Gasteiger partial charge in [0.25, 0.3) is 0 Å². The van der Waals surface area contributed by atoms with Gasteiger partial charge in [-0.15, -0.1) is 0 Å². The van der Waals surface area contributed by atoms with Crippen molar-refractivity contribution in [2.75, 3.05) is 6.54 Å². The maximum atomic E-state index is 11.8. The van der Waals surface area contributed by atoms with Gasteiger partial charge in [-0.25, -0.2) is 0 Å². The third-order valence-corrected chi connectivity index (χ3v) is 3.65. The zero-order valence-corrected chi connectivity index (χ0v) is 11.9. The zero-order valence-electron chi connectivity index (χ0n) is 11.9. The highest BCUT2D eigenvalue weighted by Gasteiger charge is 2.11. The number of fused-ring (bicyclic) bond motifs is 1. The SMILES string of the molecule is CC(=O)n1cc(CCN)c2ccc(-c3ccncc3)cc21. The molecule has 0 aliphatic rings. The number of carbonyl (C=O) groups is 1. The summed E-state index contributed by atoms with van der Waals surface area (Å²) >= 11 is 0. The fourth-order valence-electron chi connectivity index (χ4n) is 2.64. The molecule has 2 N–H and O–H groups in total. The quantitative estimate of drug-likeness (QED) is 0.802. The predicted octanol–water partition coefficient (Wildman–Crippen LogP) is 2.86. The van der Waals surface area contributed by atoms with E-state index in [0.717, 1.165) is 34.0 Å². The second-order valence-corrected chi connectivity index (χ2v) is 5.05. The molecule has 0 amide bonds. The largest absolute Gasteiger partial charge is 0.330 e. The Hall–Kier alpha value is -2.46. The second-order valence-electron chi connectivity index (χ2n) is 5.05. The number of rotatable bonds is 3. The number of pyridine rings is 1. The molecule has 0 radical (unpaired) electrons. The lowest BCUT2D eigenvalue weighted by Gasteiger charge is -2.04. The molecule has 1 aromatic carbocycles. The number of carbonyl (C=O) groups excluding carboxylic acids is 1. The molecule has 4 nitrogen and oxygen atoms in total. The molecule has 0 aliphatic carbocycles. The second kappa shape index (κ2) is 5.50. The van der Waals surface area contributed by atoms with Gasteiger partial charge in [0.2, 0.25) is 5.91 Å². The molecule has 3 rings (SSSR count). The Morgan fingerprint density at radius 3 is 2.62 bits per heavy atom. The van der Waals surface area contributed by atoms with Crippen molar-refractivity contribution in [3.63, 3.8) is 0 Å². The third kappa shape index (κ3) is 2.45. The summed E-state index contributed by atoms with van der Waals surface area (Å²) in [5.74, 6) is 0.00940. The van der Waals surface area contributed by atoms with Crippen LogP contribution in [0.1, 0.15) is 17.3 Å². The molecule has 3 aromatic rings. The smallest absolute Gasteiger partial charge is 0.227 e. The molecular weight excluding hydrogens is 262 g/mol. The number of aromatic nitrogens is 2. The Labute approximate surface area is 123 Å². The average molecular weight is 279 g/mol. The summed E-state index contributed by atoms with van der Waals surface area (Å²) in [6.45, 7) is 2.15. The monoisotopic (exact) mass is 279 g/mol. The maximum Gasteiger partial charge on any atom is 0.227 e. The first-order chi connectivity index (χ1) is 10.2. The van der Waals surface area contributed by atoms with Crippen LogP contribution < -0.4 is 5.73 Å². The molecule has 106 valence electrons. The minimum atomic E-state index is 0.00940. The van der Waals surface area contributed by atoms with E-state index in [1.54, 1.807) is 23.9 Å². The van der Waals surface area contributed by atoms with Crippen LogP contribution >= 0.6 is 0 Å². The molecule has 0 atom stereocenters. The number of hydrogen-bond donors (Lipinski definition) is 1. The van der Waals surface area contributed by atoms with E-state index < -0.39 is 0 Å². The molecule has 0 bridgehead atoms. The van der Waals surface area contributed by atoms with Crippen LogP contribution in [0.4, 0.5) is 0 Å². The van der Waals surface area contributed by atoms with Gasteiger partial charge in [0.15, 0.2) is 0 Å². The molecule has 2 heterocycles. The van der Waals surface area contributed by atoms with Crippen LogP contribution in [0.15, 0.2) is 48.9 Å². The van der Waals surface area contributed by atoms with E-state index in [4.69, 9.17) is 5.73 Å². The lowest BCUT2D eigenvalue weighted by molar-refractivity contribution is 0.0941. The Morgan fingerprint density at radius 1 is 1.19 bits per heavy atom. The minimum Gasteiger partial charge on any atom is -0.330 e. The fraction of sp³-hybridized carbons (Fsp3) is 0.176. The van der Waals surface area contributed by atoms with Crippen LogP contribution in [0.25, 0.3) is 22.0 Å². The standard InChI is InChI=1S/C17H17N3O/c1-12(21)20-11-15(4-7-18)16-3-2-14(10-17(16)20)13-5-8-19-9-6-13/h2-3,5-6,8-11H,4,7,18H2,1H3. The Balaban J connectivity index is 2.20. The van der Waals surface area contributed by atoms with E-state index in [-0.39, 0.29) is 5.91 Å². The van der Waals surface area contributed by atoms with Gasteiger partial charge < -0.3 is 5.73 Å². The first kappa shape index (κ1) is 13.5. The number of hydrogen-bond acceptors (Lipinski definition) is 3. The van der Waals surface area contributed by atoms with E-state index in [2.05, 4.69) is 17.1 Å². The van der Waals surface area contributed by atoms with Crippen LogP contribution in [0.2, 0.25) is 0 Å². The molecule has 0 saturated heterocycles. The van der Waals surface area contributed by atoms with Crippen molar-refractivity contribution < 1.29 is 4.79 Å². The van der Waals surface area contributed by atoms with Gasteiger partial charge in [0.1, 0.15) is 0 Å². The molecule has 21 heavy (non-hydrogen) atoms. The lowest BCUT2D eigenvalue weighted by Crippen LogP contribution is -2.04. The van der Waals surface area contributed by atoms with Crippen molar-refractivity contribution in [1.29, 1.82) is 0 Å². The molecule has 0 saturated carbocycles. The lowest BCUT2D eigenvalue weighted by atomic mass is 10.0. The number of benzene rings is 1. The number of nitrogens with zero attached hydrogens (tertiary/aromatic N) is 2. The normalized spacial score (nSPS) is 11.0. The topological polar surface area (TPSA) is 60.9 Å². The highest BCUT2D eigenvalue weighted by atomic mass is 16.1. The summed E-state index contributed by atoms with van der Waals surface area (Å²) < 4.78 is 1.70. The molecule has 0 aliphatic heterocycles. The van der Waals surface area contributed by atoms with Gasteiger partial charge in [-0.3, -0.25) is 14.3 Å². The number of nitrogens with two attached hydrogens (primary N) is 1. The molecular formula is C17H17N3O. The van der Waals surface area contributed by atoms with E-state index in [0.29, 0.717) is 6.54 Å².